The highest BCUT2D eigenvalue weighted by Gasteiger charge is 2.15. The van der Waals surface area contributed by atoms with Crippen LogP contribution in [0.15, 0.2) is 34.9 Å². The van der Waals surface area contributed by atoms with Crippen LogP contribution in [0.1, 0.15) is 29.8 Å². The Labute approximate surface area is 128 Å². The molecule has 1 aliphatic rings. The molecule has 0 spiro atoms. The number of aliphatic hydroxyl groups excluding tert-OH is 1. The summed E-state index contributed by atoms with van der Waals surface area (Å²) in [6.45, 7) is 6.06. The summed E-state index contributed by atoms with van der Waals surface area (Å²) < 4.78 is 0. The van der Waals surface area contributed by atoms with E-state index < -0.39 is 0 Å². The number of imide groups is 1. The first kappa shape index (κ1) is 17.3. The number of allylic oxidation sites excluding steroid dienone is 1. The molecule has 0 saturated heterocycles. The van der Waals surface area contributed by atoms with Crippen LogP contribution in [-0.2, 0) is 4.79 Å². The zero-order valence-corrected chi connectivity index (χ0v) is 13.2. The summed E-state index contributed by atoms with van der Waals surface area (Å²) in [6.07, 6.45) is 0.384. The summed E-state index contributed by atoms with van der Waals surface area (Å²) in [5.41, 5.74) is 2.51. The number of aliphatic hydroxyl groups is 1. The number of thioether (sulfide) groups is 1. The number of hydrogen-bond donors (Lipinski definition) is 3. The van der Waals surface area contributed by atoms with Gasteiger partial charge in [-0.05, 0) is 32.4 Å². The molecule has 114 valence electrons. The fraction of sp³-hybridized carbons (Fsp3) is 0.333. The second kappa shape index (κ2) is 8.49. The van der Waals surface area contributed by atoms with Gasteiger partial charge in [0.1, 0.15) is 0 Å². The van der Waals surface area contributed by atoms with E-state index in [0.29, 0.717) is 17.3 Å². The summed E-state index contributed by atoms with van der Waals surface area (Å²) >= 11 is 1.69. The van der Waals surface area contributed by atoms with E-state index in [9.17, 15) is 9.59 Å². The maximum absolute atomic E-state index is 11.1. The van der Waals surface area contributed by atoms with Crippen LogP contribution in [0.2, 0.25) is 0 Å². The van der Waals surface area contributed by atoms with Crippen molar-refractivity contribution in [1.82, 2.24) is 10.6 Å². The Morgan fingerprint density at radius 2 is 2.10 bits per heavy atom. The van der Waals surface area contributed by atoms with Crippen LogP contribution >= 0.6 is 11.8 Å². The summed E-state index contributed by atoms with van der Waals surface area (Å²) in [7, 11) is 0. The summed E-state index contributed by atoms with van der Waals surface area (Å²) in [4.78, 5) is 22.2. The van der Waals surface area contributed by atoms with E-state index in [2.05, 4.69) is 17.6 Å². The highest BCUT2D eigenvalue weighted by molar-refractivity contribution is 8.03. The van der Waals surface area contributed by atoms with E-state index >= 15 is 0 Å². The molecule has 1 aromatic rings. The van der Waals surface area contributed by atoms with Crippen molar-refractivity contribution < 1.29 is 14.7 Å². The molecule has 21 heavy (non-hydrogen) atoms. The average molecular weight is 308 g/mol. The maximum Gasteiger partial charge on any atom is 0.257 e. The lowest BCUT2D eigenvalue weighted by molar-refractivity contribution is -0.108. The predicted octanol–water partition coefficient (Wildman–Crippen LogP) is 1.77. The molecule has 1 atom stereocenters. The van der Waals surface area contributed by atoms with Crippen molar-refractivity contribution in [3.8, 4) is 0 Å². The second-order valence-electron chi connectivity index (χ2n) is 4.52. The van der Waals surface area contributed by atoms with Gasteiger partial charge in [-0.15, -0.1) is 11.8 Å². The summed E-state index contributed by atoms with van der Waals surface area (Å²) in [5.74, 6) is -0.358. The standard InChI is InChI=1S/C9H9NO2.C6H11NOS/c1-7-4-2-3-5-8(7)9(12)10-6-11;1-4-6(3-8)9-5(2)7-4/h2-6H,1H3,(H,10,11,12);5,7-8H,3H2,1-2H3. The van der Waals surface area contributed by atoms with Crippen LogP contribution in [0, 0.1) is 6.92 Å². The third-order valence-corrected chi connectivity index (χ3v) is 4.07. The van der Waals surface area contributed by atoms with Gasteiger partial charge < -0.3 is 10.4 Å². The number of nitrogens with one attached hydrogen (secondary N) is 2. The number of aryl methyl sites for hydroxylation is 1. The highest BCUT2D eigenvalue weighted by atomic mass is 32.2. The molecule has 0 aliphatic carbocycles. The van der Waals surface area contributed by atoms with Crippen LogP contribution in [0.3, 0.4) is 0 Å². The first-order valence-electron chi connectivity index (χ1n) is 6.53. The van der Waals surface area contributed by atoms with Crippen LogP contribution in [0.25, 0.3) is 0 Å². The van der Waals surface area contributed by atoms with E-state index in [0.717, 1.165) is 16.2 Å². The largest absolute Gasteiger partial charge is 0.391 e. The lowest BCUT2D eigenvalue weighted by Crippen LogP contribution is -2.21. The summed E-state index contributed by atoms with van der Waals surface area (Å²) in [5, 5.41) is 14.5. The van der Waals surface area contributed by atoms with Crippen LogP contribution in [0.4, 0.5) is 0 Å². The molecule has 0 radical (unpaired) electrons. The van der Waals surface area contributed by atoms with Crippen molar-refractivity contribution in [1.29, 1.82) is 0 Å². The number of carbonyl (C=O) groups is 2. The Morgan fingerprint density at radius 1 is 1.43 bits per heavy atom. The lowest BCUT2D eigenvalue weighted by Gasteiger charge is -2.01. The van der Waals surface area contributed by atoms with Gasteiger partial charge in [-0.3, -0.25) is 14.9 Å². The molecular weight excluding hydrogens is 288 g/mol. The average Bonchev–Trinajstić information content (AvgIpc) is 2.78. The quantitative estimate of drug-likeness (QED) is 0.742. The minimum absolute atomic E-state index is 0.174. The third-order valence-electron chi connectivity index (χ3n) is 2.88. The molecule has 5 nitrogen and oxygen atoms in total. The SMILES string of the molecule is CC1=C(CO)SC(C)N1.Cc1ccccc1C(=O)NC=O. The predicted molar refractivity (Wildman–Crippen MR) is 84.7 cm³/mol. The number of carbonyl (C=O) groups excluding carboxylic acids is 2. The van der Waals surface area contributed by atoms with Gasteiger partial charge in [-0.2, -0.15) is 0 Å². The van der Waals surface area contributed by atoms with Crippen molar-refractivity contribution in [2.75, 3.05) is 6.61 Å². The van der Waals surface area contributed by atoms with E-state index in [1.54, 1.807) is 23.9 Å². The molecule has 1 aliphatic heterocycles. The zero-order chi connectivity index (χ0) is 15.8. The van der Waals surface area contributed by atoms with E-state index in [1.807, 2.05) is 26.0 Å². The molecule has 1 aromatic carbocycles. The highest BCUT2D eigenvalue weighted by Crippen LogP contribution is 2.28. The molecule has 3 N–H and O–H groups in total. The monoisotopic (exact) mass is 308 g/mol. The molecule has 1 heterocycles. The Kier molecular flexibility index (Phi) is 6.98. The first-order chi connectivity index (χ1) is 9.99. The minimum Gasteiger partial charge on any atom is -0.391 e. The van der Waals surface area contributed by atoms with Gasteiger partial charge >= 0.3 is 0 Å². The van der Waals surface area contributed by atoms with Gasteiger partial charge in [-0.25, -0.2) is 0 Å². The minimum atomic E-state index is -0.358. The Hall–Kier alpha value is -1.79. The maximum atomic E-state index is 11.1. The van der Waals surface area contributed by atoms with Crippen molar-refractivity contribution in [3.63, 3.8) is 0 Å². The van der Waals surface area contributed by atoms with Crippen molar-refractivity contribution in [3.05, 3.63) is 46.0 Å². The molecule has 0 fully saturated rings. The fourth-order valence-electron chi connectivity index (χ4n) is 1.83. The van der Waals surface area contributed by atoms with Crippen LogP contribution < -0.4 is 10.6 Å². The molecule has 0 saturated carbocycles. The molecule has 0 bridgehead atoms. The zero-order valence-electron chi connectivity index (χ0n) is 12.3. The number of rotatable bonds is 3. The molecule has 6 heteroatoms. The van der Waals surface area contributed by atoms with Crippen molar-refractivity contribution >= 4 is 24.1 Å². The van der Waals surface area contributed by atoms with E-state index in [1.165, 1.54) is 0 Å². The Balaban J connectivity index is 0.000000219. The Bertz CT molecular complexity index is 543. The van der Waals surface area contributed by atoms with E-state index in [4.69, 9.17) is 5.11 Å². The molecular formula is C15H20N2O3S. The lowest BCUT2D eigenvalue weighted by atomic mass is 10.1. The van der Waals surface area contributed by atoms with Gasteiger partial charge in [0.15, 0.2) is 0 Å². The molecule has 2 amide bonds. The van der Waals surface area contributed by atoms with Gasteiger partial charge in [0, 0.05) is 16.2 Å². The van der Waals surface area contributed by atoms with Crippen LogP contribution in [-0.4, -0.2) is 29.4 Å². The molecule has 0 aromatic heterocycles. The normalized spacial score (nSPS) is 16.7. The van der Waals surface area contributed by atoms with Gasteiger partial charge in [0.2, 0.25) is 6.41 Å². The Morgan fingerprint density at radius 3 is 2.52 bits per heavy atom. The second-order valence-corrected chi connectivity index (χ2v) is 5.95. The van der Waals surface area contributed by atoms with E-state index in [-0.39, 0.29) is 12.5 Å². The summed E-state index contributed by atoms with van der Waals surface area (Å²) in [6, 6.07) is 7.09. The van der Waals surface area contributed by atoms with Crippen LogP contribution in [0.5, 0.6) is 0 Å². The first-order valence-corrected chi connectivity index (χ1v) is 7.41. The van der Waals surface area contributed by atoms with Gasteiger partial charge in [-0.1, -0.05) is 18.2 Å². The number of amides is 2. The van der Waals surface area contributed by atoms with Gasteiger partial charge in [0.05, 0.1) is 12.0 Å². The van der Waals surface area contributed by atoms with Crippen molar-refractivity contribution in [2.45, 2.75) is 26.1 Å². The topological polar surface area (TPSA) is 78.4 Å². The van der Waals surface area contributed by atoms with Gasteiger partial charge in [0.25, 0.3) is 5.91 Å². The number of hydrogen-bond acceptors (Lipinski definition) is 5. The van der Waals surface area contributed by atoms with Crippen molar-refractivity contribution in [2.24, 2.45) is 0 Å². The smallest absolute Gasteiger partial charge is 0.257 e. The fourth-order valence-corrected chi connectivity index (χ4v) is 2.80. The third kappa shape index (κ3) is 5.24. The molecule has 2 rings (SSSR count). The number of benzene rings is 1. The molecule has 1 unspecified atom stereocenters.